The first kappa shape index (κ1) is 13.2. The first-order valence-corrected chi connectivity index (χ1v) is 5.47. The molecule has 0 atom stereocenters. The highest BCUT2D eigenvalue weighted by Gasteiger charge is 2.09. The Kier molecular flexibility index (Phi) is 4.67. The van der Waals surface area contributed by atoms with Crippen LogP contribution in [0.4, 0.5) is 0 Å². The van der Waals surface area contributed by atoms with Crippen molar-refractivity contribution in [1.29, 1.82) is 5.26 Å². The van der Waals surface area contributed by atoms with Crippen LogP contribution in [0.25, 0.3) is 0 Å². The Balaban J connectivity index is 3.22. The largest absolute Gasteiger partial charge is 0.380 e. The van der Waals surface area contributed by atoms with Crippen molar-refractivity contribution in [1.82, 2.24) is 9.13 Å². The van der Waals surface area contributed by atoms with E-state index >= 15 is 0 Å². The SMILES string of the molecule is CCOCCn1c(=O)c(C#N)cn(CC)c1=O. The predicted molar refractivity (Wildman–Crippen MR) is 61.8 cm³/mol. The summed E-state index contributed by atoms with van der Waals surface area (Å²) >= 11 is 0. The highest BCUT2D eigenvalue weighted by atomic mass is 16.5. The second-order valence-electron chi connectivity index (χ2n) is 3.38. The second-order valence-corrected chi connectivity index (χ2v) is 3.38. The van der Waals surface area contributed by atoms with Gasteiger partial charge < -0.3 is 4.74 Å². The van der Waals surface area contributed by atoms with Crippen molar-refractivity contribution < 1.29 is 4.74 Å². The molecule has 1 heterocycles. The van der Waals surface area contributed by atoms with Gasteiger partial charge >= 0.3 is 5.69 Å². The lowest BCUT2D eigenvalue weighted by molar-refractivity contribution is 0.137. The van der Waals surface area contributed by atoms with Gasteiger partial charge in [0.05, 0.1) is 13.2 Å². The molecule has 0 aliphatic heterocycles. The Labute approximate surface area is 98.7 Å². The van der Waals surface area contributed by atoms with Gasteiger partial charge in [-0.05, 0) is 13.8 Å². The van der Waals surface area contributed by atoms with Crippen molar-refractivity contribution in [2.45, 2.75) is 26.9 Å². The number of aryl methyl sites for hydroxylation is 1. The molecule has 0 bridgehead atoms. The average molecular weight is 237 g/mol. The molecule has 0 N–H and O–H groups in total. The van der Waals surface area contributed by atoms with E-state index in [4.69, 9.17) is 10.00 Å². The van der Waals surface area contributed by atoms with E-state index in [1.54, 1.807) is 13.0 Å². The van der Waals surface area contributed by atoms with Crippen molar-refractivity contribution >= 4 is 0 Å². The van der Waals surface area contributed by atoms with Crippen LogP contribution in [0, 0.1) is 11.3 Å². The van der Waals surface area contributed by atoms with Crippen molar-refractivity contribution in [3.8, 4) is 6.07 Å². The monoisotopic (exact) mass is 237 g/mol. The summed E-state index contributed by atoms with van der Waals surface area (Å²) in [5, 5.41) is 8.82. The van der Waals surface area contributed by atoms with Crippen LogP contribution in [0.1, 0.15) is 19.4 Å². The van der Waals surface area contributed by atoms with Crippen LogP contribution in [-0.4, -0.2) is 22.3 Å². The van der Waals surface area contributed by atoms with E-state index in [2.05, 4.69) is 0 Å². The summed E-state index contributed by atoms with van der Waals surface area (Å²) in [6.45, 7) is 5.00. The van der Waals surface area contributed by atoms with Crippen molar-refractivity contribution in [2.24, 2.45) is 0 Å². The lowest BCUT2D eigenvalue weighted by atomic mass is 10.3. The molecule has 0 radical (unpaired) electrons. The van der Waals surface area contributed by atoms with Gasteiger partial charge in [0, 0.05) is 19.3 Å². The van der Waals surface area contributed by atoms with E-state index < -0.39 is 11.2 Å². The third-order valence-electron chi connectivity index (χ3n) is 2.36. The Bertz CT molecular complexity index is 536. The van der Waals surface area contributed by atoms with Gasteiger partial charge in [-0.3, -0.25) is 13.9 Å². The molecule has 0 unspecified atom stereocenters. The van der Waals surface area contributed by atoms with Gasteiger partial charge in [-0.25, -0.2) is 4.79 Å². The molecule has 0 amide bonds. The fraction of sp³-hybridized carbons (Fsp3) is 0.545. The van der Waals surface area contributed by atoms with Crippen molar-refractivity contribution in [3.63, 3.8) is 0 Å². The van der Waals surface area contributed by atoms with E-state index in [-0.39, 0.29) is 18.7 Å². The Morgan fingerprint density at radius 3 is 2.65 bits per heavy atom. The number of hydrogen-bond acceptors (Lipinski definition) is 4. The Morgan fingerprint density at radius 1 is 1.41 bits per heavy atom. The molecule has 1 aromatic rings. The maximum atomic E-state index is 11.8. The molecule has 0 fully saturated rings. The van der Waals surface area contributed by atoms with Gasteiger partial charge in [0.15, 0.2) is 0 Å². The van der Waals surface area contributed by atoms with E-state index in [0.29, 0.717) is 13.2 Å². The third-order valence-corrected chi connectivity index (χ3v) is 2.36. The lowest BCUT2D eigenvalue weighted by Gasteiger charge is -2.09. The number of aromatic nitrogens is 2. The zero-order valence-electron chi connectivity index (χ0n) is 9.97. The molecule has 0 saturated carbocycles. The summed E-state index contributed by atoms with van der Waals surface area (Å²) in [6, 6.07) is 1.79. The summed E-state index contributed by atoms with van der Waals surface area (Å²) in [5.41, 5.74) is -0.985. The fourth-order valence-corrected chi connectivity index (χ4v) is 1.45. The Hall–Kier alpha value is -1.87. The highest BCUT2D eigenvalue weighted by Crippen LogP contribution is 1.88. The van der Waals surface area contributed by atoms with Crippen LogP contribution in [-0.2, 0) is 17.8 Å². The summed E-state index contributed by atoms with van der Waals surface area (Å²) in [7, 11) is 0. The molecule has 17 heavy (non-hydrogen) atoms. The van der Waals surface area contributed by atoms with Gasteiger partial charge in [0.1, 0.15) is 11.6 Å². The molecular formula is C11H15N3O3. The number of ether oxygens (including phenoxy) is 1. The molecule has 0 aliphatic carbocycles. The second kappa shape index (κ2) is 6.01. The van der Waals surface area contributed by atoms with Crippen LogP contribution in [0.2, 0.25) is 0 Å². The van der Waals surface area contributed by atoms with E-state index in [0.717, 1.165) is 4.57 Å². The van der Waals surface area contributed by atoms with Gasteiger partial charge in [-0.2, -0.15) is 5.26 Å². The Morgan fingerprint density at radius 2 is 2.12 bits per heavy atom. The number of nitriles is 1. The standard InChI is InChI=1S/C11H15N3O3/c1-3-13-8-9(7-12)10(15)14(11(13)16)5-6-17-4-2/h8H,3-6H2,1-2H3. The van der Waals surface area contributed by atoms with E-state index in [9.17, 15) is 9.59 Å². The maximum Gasteiger partial charge on any atom is 0.331 e. The molecule has 0 saturated heterocycles. The molecule has 6 nitrogen and oxygen atoms in total. The lowest BCUT2D eigenvalue weighted by Crippen LogP contribution is -2.41. The fourth-order valence-electron chi connectivity index (χ4n) is 1.45. The molecule has 0 aromatic carbocycles. The van der Waals surface area contributed by atoms with Crippen molar-refractivity contribution in [2.75, 3.05) is 13.2 Å². The van der Waals surface area contributed by atoms with Gasteiger partial charge in [0.2, 0.25) is 0 Å². The smallest absolute Gasteiger partial charge is 0.331 e. The first-order valence-electron chi connectivity index (χ1n) is 5.47. The molecular weight excluding hydrogens is 222 g/mol. The van der Waals surface area contributed by atoms with Crippen LogP contribution in [0.5, 0.6) is 0 Å². The van der Waals surface area contributed by atoms with Gasteiger partial charge in [0.25, 0.3) is 5.56 Å². The topological polar surface area (TPSA) is 77.0 Å². The molecule has 1 rings (SSSR count). The van der Waals surface area contributed by atoms with Crippen LogP contribution >= 0.6 is 0 Å². The molecule has 1 aromatic heterocycles. The van der Waals surface area contributed by atoms with Crippen LogP contribution in [0.15, 0.2) is 15.8 Å². The molecule has 0 spiro atoms. The predicted octanol–water partition coefficient (Wildman–Crippen LogP) is -0.0619. The summed E-state index contributed by atoms with van der Waals surface area (Å²) in [5.74, 6) is 0. The summed E-state index contributed by atoms with van der Waals surface area (Å²) in [6.07, 6.45) is 1.29. The quantitative estimate of drug-likeness (QED) is 0.672. The number of nitrogens with zero attached hydrogens (tertiary/aromatic N) is 3. The van der Waals surface area contributed by atoms with Crippen LogP contribution in [0.3, 0.4) is 0 Å². The zero-order chi connectivity index (χ0) is 12.8. The average Bonchev–Trinajstić information content (AvgIpc) is 2.34. The third kappa shape index (κ3) is 2.82. The molecule has 92 valence electrons. The normalized spacial score (nSPS) is 10.2. The first-order chi connectivity index (χ1) is 8.15. The maximum absolute atomic E-state index is 11.8. The van der Waals surface area contributed by atoms with Crippen molar-refractivity contribution in [3.05, 3.63) is 32.6 Å². The highest BCUT2D eigenvalue weighted by molar-refractivity contribution is 5.22. The van der Waals surface area contributed by atoms with Gasteiger partial charge in [-0.15, -0.1) is 0 Å². The van der Waals surface area contributed by atoms with Crippen LogP contribution < -0.4 is 11.2 Å². The zero-order valence-corrected chi connectivity index (χ0v) is 9.97. The minimum Gasteiger partial charge on any atom is -0.380 e. The molecule has 6 heteroatoms. The minimum absolute atomic E-state index is 0.0250. The number of rotatable bonds is 5. The van der Waals surface area contributed by atoms with E-state index in [1.165, 1.54) is 10.8 Å². The van der Waals surface area contributed by atoms with E-state index in [1.807, 2.05) is 6.92 Å². The molecule has 0 aliphatic rings. The summed E-state index contributed by atoms with van der Waals surface area (Å²) < 4.78 is 7.48. The minimum atomic E-state index is -0.554. The van der Waals surface area contributed by atoms with Gasteiger partial charge in [-0.1, -0.05) is 0 Å². The number of hydrogen-bond donors (Lipinski definition) is 0. The summed E-state index contributed by atoms with van der Waals surface area (Å²) in [4.78, 5) is 23.6.